The van der Waals surface area contributed by atoms with Crippen LogP contribution < -0.4 is 10.6 Å². The van der Waals surface area contributed by atoms with Crippen molar-refractivity contribution >= 4 is 11.7 Å². The van der Waals surface area contributed by atoms with Gasteiger partial charge in [-0.15, -0.1) is 0 Å². The van der Waals surface area contributed by atoms with Crippen LogP contribution in [0.25, 0.3) is 0 Å². The number of rotatable bonds is 8. The van der Waals surface area contributed by atoms with E-state index < -0.39 is 0 Å². The molecule has 2 aromatic carbocycles. The van der Waals surface area contributed by atoms with Crippen molar-refractivity contribution in [3.05, 3.63) is 83.7 Å². The third-order valence-corrected chi connectivity index (χ3v) is 4.25. The van der Waals surface area contributed by atoms with Gasteiger partial charge in [0.05, 0.1) is 19.3 Å². The maximum Gasteiger partial charge on any atom is 0.319 e. The van der Waals surface area contributed by atoms with Crippen LogP contribution in [-0.4, -0.2) is 21.9 Å². The number of benzene rings is 2. The van der Waals surface area contributed by atoms with E-state index in [9.17, 15) is 4.79 Å². The Hall–Kier alpha value is -3.12. The summed E-state index contributed by atoms with van der Waals surface area (Å²) in [6.07, 6.45) is 3.84. The number of carbonyl (C=O) groups is 1. The average molecular weight is 378 g/mol. The fourth-order valence-corrected chi connectivity index (χ4v) is 2.75. The lowest BCUT2D eigenvalue weighted by molar-refractivity contribution is 0.0652. The Bertz CT molecular complexity index is 874. The second-order valence-electron chi connectivity index (χ2n) is 6.84. The third kappa shape index (κ3) is 5.96. The van der Waals surface area contributed by atoms with Crippen molar-refractivity contribution < 1.29 is 9.53 Å². The summed E-state index contributed by atoms with van der Waals surface area (Å²) in [6, 6.07) is 17.4. The molecule has 0 atom stereocenters. The van der Waals surface area contributed by atoms with Gasteiger partial charge in [0.1, 0.15) is 0 Å². The molecular weight excluding hydrogens is 352 g/mol. The molecule has 6 heteroatoms. The van der Waals surface area contributed by atoms with E-state index in [1.165, 1.54) is 0 Å². The van der Waals surface area contributed by atoms with E-state index in [-0.39, 0.29) is 12.1 Å². The summed E-state index contributed by atoms with van der Waals surface area (Å²) in [4.78, 5) is 12.2. The van der Waals surface area contributed by atoms with Gasteiger partial charge in [0.2, 0.25) is 0 Å². The van der Waals surface area contributed by atoms with Crippen molar-refractivity contribution in [2.75, 3.05) is 5.32 Å². The van der Waals surface area contributed by atoms with Gasteiger partial charge in [-0.25, -0.2) is 4.79 Å². The van der Waals surface area contributed by atoms with Crippen molar-refractivity contribution in [2.45, 2.75) is 39.6 Å². The molecule has 2 amide bonds. The quantitative estimate of drug-likeness (QED) is 0.618. The van der Waals surface area contributed by atoms with Crippen LogP contribution in [-0.2, 0) is 24.4 Å². The monoisotopic (exact) mass is 378 g/mol. The molecular formula is C22H26N4O2. The highest BCUT2D eigenvalue weighted by Crippen LogP contribution is 2.13. The SMILES string of the molecule is CC(C)OCc1ccccc1CNC(=O)Nc1ccc(Cn2cccn2)cc1. The molecule has 0 bridgehead atoms. The molecule has 0 aliphatic carbocycles. The van der Waals surface area contributed by atoms with Crippen molar-refractivity contribution in [1.29, 1.82) is 0 Å². The number of aromatic nitrogens is 2. The van der Waals surface area contributed by atoms with E-state index >= 15 is 0 Å². The lowest BCUT2D eigenvalue weighted by Crippen LogP contribution is -2.28. The summed E-state index contributed by atoms with van der Waals surface area (Å²) >= 11 is 0. The van der Waals surface area contributed by atoms with E-state index in [2.05, 4.69) is 15.7 Å². The van der Waals surface area contributed by atoms with Crippen LogP contribution >= 0.6 is 0 Å². The van der Waals surface area contributed by atoms with Gasteiger partial charge in [-0.2, -0.15) is 5.10 Å². The molecule has 0 saturated carbocycles. The van der Waals surface area contributed by atoms with Crippen molar-refractivity contribution in [3.8, 4) is 0 Å². The summed E-state index contributed by atoms with van der Waals surface area (Å²) in [5.41, 5.74) is 4.00. The molecule has 0 aliphatic rings. The van der Waals surface area contributed by atoms with Gasteiger partial charge in [0.25, 0.3) is 0 Å². The number of ether oxygens (including phenoxy) is 1. The summed E-state index contributed by atoms with van der Waals surface area (Å²) in [5, 5.41) is 9.96. The highest BCUT2D eigenvalue weighted by Gasteiger charge is 2.06. The molecule has 2 N–H and O–H groups in total. The molecule has 3 aromatic rings. The first kappa shape index (κ1) is 19.6. The fraction of sp³-hybridized carbons (Fsp3) is 0.273. The molecule has 0 spiro atoms. The van der Waals surface area contributed by atoms with Crippen molar-refractivity contribution in [2.24, 2.45) is 0 Å². The van der Waals surface area contributed by atoms with Crippen LogP contribution in [0.2, 0.25) is 0 Å². The highest BCUT2D eigenvalue weighted by atomic mass is 16.5. The Balaban J connectivity index is 1.50. The van der Waals surface area contributed by atoms with Gasteiger partial charge >= 0.3 is 6.03 Å². The molecule has 3 rings (SSSR count). The first-order chi connectivity index (χ1) is 13.6. The first-order valence-electron chi connectivity index (χ1n) is 9.40. The van der Waals surface area contributed by atoms with Crippen LogP contribution in [0.5, 0.6) is 0 Å². The third-order valence-electron chi connectivity index (χ3n) is 4.25. The van der Waals surface area contributed by atoms with Crippen molar-refractivity contribution in [1.82, 2.24) is 15.1 Å². The van der Waals surface area contributed by atoms with Gasteiger partial charge < -0.3 is 15.4 Å². The maximum absolute atomic E-state index is 12.2. The minimum atomic E-state index is -0.237. The van der Waals surface area contributed by atoms with Gasteiger partial charge in [-0.3, -0.25) is 4.68 Å². The zero-order valence-corrected chi connectivity index (χ0v) is 16.3. The number of hydrogen-bond donors (Lipinski definition) is 2. The summed E-state index contributed by atoms with van der Waals surface area (Å²) < 4.78 is 7.54. The van der Waals surface area contributed by atoms with E-state index in [0.29, 0.717) is 19.7 Å². The predicted molar refractivity (Wildman–Crippen MR) is 110 cm³/mol. The number of amides is 2. The van der Waals surface area contributed by atoms with Gasteiger partial charge in [-0.05, 0) is 48.7 Å². The van der Waals surface area contributed by atoms with E-state index in [1.807, 2.05) is 79.3 Å². The van der Waals surface area contributed by atoms with E-state index in [0.717, 1.165) is 22.4 Å². The zero-order chi connectivity index (χ0) is 19.8. The maximum atomic E-state index is 12.2. The lowest BCUT2D eigenvalue weighted by atomic mass is 10.1. The molecule has 28 heavy (non-hydrogen) atoms. The standard InChI is InChI=1S/C22H26N4O2/c1-17(2)28-16-20-7-4-3-6-19(20)14-23-22(27)25-21-10-8-18(9-11-21)15-26-13-5-12-24-26/h3-13,17H,14-16H2,1-2H3,(H2,23,25,27). The Morgan fingerprint density at radius 2 is 1.82 bits per heavy atom. The number of urea groups is 1. The predicted octanol–water partition coefficient (Wildman–Crippen LogP) is 4.18. The molecule has 0 saturated heterocycles. The topological polar surface area (TPSA) is 68.2 Å². The normalized spacial score (nSPS) is 10.8. The van der Waals surface area contributed by atoms with Crippen LogP contribution in [0.4, 0.5) is 10.5 Å². The summed E-state index contributed by atoms with van der Waals surface area (Å²) in [7, 11) is 0. The largest absolute Gasteiger partial charge is 0.374 e. The zero-order valence-electron chi connectivity index (χ0n) is 16.3. The average Bonchev–Trinajstić information content (AvgIpc) is 3.20. The molecule has 0 radical (unpaired) electrons. The number of anilines is 1. The lowest BCUT2D eigenvalue weighted by Gasteiger charge is -2.13. The van der Waals surface area contributed by atoms with E-state index in [1.54, 1.807) is 6.20 Å². The number of nitrogens with one attached hydrogen (secondary N) is 2. The molecule has 0 fully saturated rings. The Labute approximate surface area is 165 Å². The van der Waals surface area contributed by atoms with Gasteiger partial charge in [0.15, 0.2) is 0 Å². The van der Waals surface area contributed by atoms with Crippen LogP contribution in [0.1, 0.15) is 30.5 Å². The summed E-state index contributed by atoms with van der Waals surface area (Å²) in [6.45, 7) is 5.70. The number of carbonyl (C=O) groups excluding carboxylic acids is 1. The number of hydrogen-bond acceptors (Lipinski definition) is 3. The molecule has 6 nitrogen and oxygen atoms in total. The fourth-order valence-electron chi connectivity index (χ4n) is 2.75. The minimum absolute atomic E-state index is 0.167. The molecule has 1 aromatic heterocycles. The molecule has 1 heterocycles. The van der Waals surface area contributed by atoms with Crippen LogP contribution in [0.15, 0.2) is 67.0 Å². The smallest absolute Gasteiger partial charge is 0.319 e. The highest BCUT2D eigenvalue weighted by molar-refractivity contribution is 5.89. The van der Waals surface area contributed by atoms with E-state index in [4.69, 9.17) is 4.74 Å². The molecule has 0 unspecified atom stereocenters. The van der Waals surface area contributed by atoms with Crippen molar-refractivity contribution in [3.63, 3.8) is 0 Å². The Morgan fingerprint density at radius 3 is 2.50 bits per heavy atom. The number of nitrogens with zero attached hydrogens (tertiary/aromatic N) is 2. The molecule has 0 aliphatic heterocycles. The second kappa shape index (κ2) is 9.71. The Kier molecular flexibility index (Phi) is 6.81. The van der Waals surface area contributed by atoms with Crippen LogP contribution in [0.3, 0.4) is 0 Å². The van der Waals surface area contributed by atoms with Crippen LogP contribution in [0, 0.1) is 0 Å². The summed E-state index contributed by atoms with van der Waals surface area (Å²) in [5.74, 6) is 0. The molecule has 146 valence electrons. The second-order valence-corrected chi connectivity index (χ2v) is 6.84. The van der Waals surface area contributed by atoms with Gasteiger partial charge in [-0.1, -0.05) is 36.4 Å². The first-order valence-corrected chi connectivity index (χ1v) is 9.40. The van der Waals surface area contributed by atoms with Gasteiger partial charge in [0, 0.05) is 24.6 Å². The minimum Gasteiger partial charge on any atom is -0.374 e. The Morgan fingerprint density at radius 1 is 1.07 bits per heavy atom.